The summed E-state index contributed by atoms with van der Waals surface area (Å²) >= 11 is 0. The maximum absolute atomic E-state index is 12.6. The van der Waals surface area contributed by atoms with E-state index in [1.54, 1.807) is 0 Å². The van der Waals surface area contributed by atoms with Gasteiger partial charge in [-0.15, -0.1) is 0 Å². The molecule has 2 aromatic carbocycles. The first-order chi connectivity index (χ1) is 12.1. The van der Waals surface area contributed by atoms with Crippen LogP contribution in [0.25, 0.3) is 0 Å². The number of carbonyl (C=O) groups is 3. The highest BCUT2D eigenvalue weighted by Gasteiger charge is 2.24. The zero-order valence-electron chi connectivity index (χ0n) is 13.8. The number of Topliss-reactive ketones (excluding diaryl/α,β-unsaturated/α-hetero) is 1. The van der Waals surface area contributed by atoms with Crippen LogP contribution in [-0.4, -0.2) is 29.3 Å². The molecule has 0 aliphatic carbocycles. The van der Waals surface area contributed by atoms with Gasteiger partial charge in [0.15, 0.2) is 5.78 Å². The molecular formula is C20H21NO4. The van der Waals surface area contributed by atoms with Crippen molar-refractivity contribution in [2.24, 2.45) is 5.92 Å². The van der Waals surface area contributed by atoms with Gasteiger partial charge in [0.1, 0.15) is 6.29 Å². The molecule has 2 rings (SSSR count). The second-order valence-corrected chi connectivity index (χ2v) is 5.95. The van der Waals surface area contributed by atoms with Crippen LogP contribution in [0.2, 0.25) is 0 Å². The van der Waals surface area contributed by atoms with E-state index in [2.05, 4.69) is 5.32 Å². The number of hydrogen-bond acceptors (Lipinski definition) is 3. The Bertz CT molecular complexity index is 700. The Labute approximate surface area is 146 Å². The van der Waals surface area contributed by atoms with Gasteiger partial charge < -0.3 is 15.2 Å². The van der Waals surface area contributed by atoms with E-state index in [-0.39, 0.29) is 18.6 Å². The second-order valence-electron chi connectivity index (χ2n) is 5.95. The van der Waals surface area contributed by atoms with E-state index < -0.39 is 18.1 Å². The van der Waals surface area contributed by atoms with Crippen molar-refractivity contribution < 1.29 is 19.5 Å². The van der Waals surface area contributed by atoms with Crippen molar-refractivity contribution in [2.75, 3.05) is 0 Å². The highest BCUT2D eigenvalue weighted by atomic mass is 16.4. The zero-order valence-corrected chi connectivity index (χ0v) is 13.8. The number of carboxylic acid groups (broad SMARTS) is 1. The number of ketones is 1. The molecule has 25 heavy (non-hydrogen) atoms. The summed E-state index contributed by atoms with van der Waals surface area (Å²) in [6.07, 6.45) is 0.255. The quantitative estimate of drug-likeness (QED) is 0.688. The SMILES string of the molecule is O=C[C@@H](CC(=O)[C@H](Cc1ccccc1)NC(=O)O)Cc1ccccc1. The van der Waals surface area contributed by atoms with Gasteiger partial charge in [0.25, 0.3) is 0 Å². The van der Waals surface area contributed by atoms with Crippen molar-refractivity contribution in [3.05, 3.63) is 71.8 Å². The summed E-state index contributed by atoms with van der Waals surface area (Å²) in [6, 6.07) is 17.8. The average molecular weight is 339 g/mol. The van der Waals surface area contributed by atoms with Crippen molar-refractivity contribution in [3.8, 4) is 0 Å². The molecule has 130 valence electrons. The maximum atomic E-state index is 12.6. The highest BCUT2D eigenvalue weighted by molar-refractivity contribution is 5.89. The van der Waals surface area contributed by atoms with Gasteiger partial charge in [-0.1, -0.05) is 60.7 Å². The number of rotatable bonds is 9. The molecule has 0 spiro atoms. The molecule has 0 heterocycles. The van der Waals surface area contributed by atoms with Crippen LogP contribution in [0.3, 0.4) is 0 Å². The van der Waals surface area contributed by atoms with E-state index in [1.165, 1.54) is 0 Å². The van der Waals surface area contributed by atoms with Crippen LogP contribution in [-0.2, 0) is 22.4 Å². The topological polar surface area (TPSA) is 83.5 Å². The predicted molar refractivity (Wildman–Crippen MR) is 94.4 cm³/mol. The minimum Gasteiger partial charge on any atom is -0.465 e. The maximum Gasteiger partial charge on any atom is 0.405 e. The molecule has 0 aliphatic rings. The third-order valence-corrected chi connectivity index (χ3v) is 3.97. The Morgan fingerprint density at radius 1 is 0.920 bits per heavy atom. The largest absolute Gasteiger partial charge is 0.465 e. The Balaban J connectivity index is 2.04. The van der Waals surface area contributed by atoms with Crippen LogP contribution < -0.4 is 5.32 Å². The summed E-state index contributed by atoms with van der Waals surface area (Å²) in [6.45, 7) is 0. The first-order valence-electron chi connectivity index (χ1n) is 8.14. The number of benzene rings is 2. The van der Waals surface area contributed by atoms with Crippen LogP contribution in [0, 0.1) is 5.92 Å². The predicted octanol–water partition coefficient (Wildman–Crippen LogP) is 2.88. The van der Waals surface area contributed by atoms with E-state index >= 15 is 0 Å². The third-order valence-electron chi connectivity index (χ3n) is 3.97. The average Bonchev–Trinajstić information content (AvgIpc) is 2.62. The summed E-state index contributed by atoms with van der Waals surface area (Å²) < 4.78 is 0. The molecule has 0 bridgehead atoms. The lowest BCUT2D eigenvalue weighted by atomic mass is 9.91. The molecule has 0 unspecified atom stereocenters. The minimum absolute atomic E-state index is 0.0101. The zero-order chi connectivity index (χ0) is 18.1. The molecular weight excluding hydrogens is 318 g/mol. The van der Waals surface area contributed by atoms with Crippen LogP contribution in [0.1, 0.15) is 17.5 Å². The molecule has 5 nitrogen and oxygen atoms in total. The van der Waals surface area contributed by atoms with Gasteiger partial charge in [0.05, 0.1) is 6.04 Å². The minimum atomic E-state index is -1.25. The Kier molecular flexibility index (Phi) is 6.89. The molecule has 5 heteroatoms. The van der Waals surface area contributed by atoms with Crippen LogP contribution in [0.5, 0.6) is 0 Å². The van der Waals surface area contributed by atoms with Gasteiger partial charge in [0.2, 0.25) is 0 Å². The summed E-state index contributed by atoms with van der Waals surface area (Å²) in [4.78, 5) is 34.9. The molecule has 1 amide bonds. The Hall–Kier alpha value is -2.95. The highest BCUT2D eigenvalue weighted by Crippen LogP contribution is 2.14. The normalized spacial score (nSPS) is 12.8. The fraction of sp³-hybridized carbons (Fsp3) is 0.250. The number of nitrogens with one attached hydrogen (secondary N) is 1. The van der Waals surface area contributed by atoms with Crippen molar-refractivity contribution in [1.82, 2.24) is 5.32 Å². The van der Waals surface area contributed by atoms with E-state index in [1.807, 2.05) is 60.7 Å². The van der Waals surface area contributed by atoms with Gasteiger partial charge in [0, 0.05) is 12.3 Å². The molecule has 0 aliphatic heterocycles. The monoisotopic (exact) mass is 339 g/mol. The lowest BCUT2D eigenvalue weighted by Gasteiger charge is -2.18. The van der Waals surface area contributed by atoms with Gasteiger partial charge in [-0.2, -0.15) is 0 Å². The van der Waals surface area contributed by atoms with Gasteiger partial charge in [-0.3, -0.25) is 4.79 Å². The number of carbonyl (C=O) groups excluding carboxylic acids is 2. The van der Waals surface area contributed by atoms with Gasteiger partial charge >= 0.3 is 6.09 Å². The van der Waals surface area contributed by atoms with Crippen molar-refractivity contribution in [1.29, 1.82) is 0 Å². The standard InChI is InChI=1S/C20H21NO4/c22-14-17(11-15-7-3-1-4-8-15)13-19(23)18(21-20(24)25)12-16-9-5-2-6-10-16/h1-10,14,17-18,21H,11-13H2,(H,24,25)/t17-,18+/m1/s1. The summed E-state index contributed by atoms with van der Waals surface area (Å²) in [5, 5.41) is 11.3. The fourth-order valence-corrected chi connectivity index (χ4v) is 2.73. The van der Waals surface area contributed by atoms with Gasteiger partial charge in [-0.25, -0.2) is 4.79 Å². The molecule has 0 radical (unpaired) electrons. The van der Waals surface area contributed by atoms with Crippen molar-refractivity contribution in [3.63, 3.8) is 0 Å². The Morgan fingerprint density at radius 3 is 1.92 bits per heavy atom. The molecule has 2 N–H and O–H groups in total. The number of hydrogen-bond donors (Lipinski definition) is 2. The van der Waals surface area contributed by atoms with Gasteiger partial charge in [-0.05, 0) is 24.0 Å². The van der Waals surface area contributed by atoms with Crippen LogP contribution in [0.4, 0.5) is 4.79 Å². The summed E-state index contributed by atoms with van der Waals surface area (Å²) in [5.74, 6) is -0.747. The van der Waals surface area contributed by atoms with E-state index in [4.69, 9.17) is 5.11 Å². The van der Waals surface area contributed by atoms with Crippen molar-refractivity contribution in [2.45, 2.75) is 25.3 Å². The molecule has 0 saturated heterocycles. The van der Waals surface area contributed by atoms with Crippen LogP contribution in [0.15, 0.2) is 60.7 Å². The summed E-state index contributed by atoms with van der Waals surface area (Å²) in [7, 11) is 0. The molecule has 2 atom stereocenters. The lowest BCUT2D eigenvalue weighted by molar-refractivity contribution is -0.124. The number of aldehydes is 1. The van der Waals surface area contributed by atoms with E-state index in [0.717, 1.165) is 17.4 Å². The van der Waals surface area contributed by atoms with Crippen LogP contribution >= 0.6 is 0 Å². The summed E-state index contributed by atoms with van der Waals surface area (Å²) in [5.41, 5.74) is 1.83. The lowest BCUT2D eigenvalue weighted by Crippen LogP contribution is -2.42. The third kappa shape index (κ3) is 6.22. The van der Waals surface area contributed by atoms with Crippen molar-refractivity contribution >= 4 is 18.2 Å². The van der Waals surface area contributed by atoms with E-state index in [9.17, 15) is 14.4 Å². The molecule has 0 aromatic heterocycles. The van der Waals surface area contributed by atoms with E-state index in [0.29, 0.717) is 6.42 Å². The number of amides is 1. The second kappa shape index (κ2) is 9.37. The molecule has 2 aromatic rings. The Morgan fingerprint density at radius 2 is 1.44 bits per heavy atom. The fourth-order valence-electron chi connectivity index (χ4n) is 2.73. The first-order valence-corrected chi connectivity index (χ1v) is 8.14. The molecule has 0 fully saturated rings. The smallest absolute Gasteiger partial charge is 0.405 e. The molecule has 0 saturated carbocycles. The first kappa shape index (κ1) is 18.4.